The third kappa shape index (κ3) is 3.72. The second kappa shape index (κ2) is 6.76. The van der Waals surface area contributed by atoms with Gasteiger partial charge in [0.15, 0.2) is 0 Å². The van der Waals surface area contributed by atoms with Crippen LogP contribution in [0.3, 0.4) is 0 Å². The summed E-state index contributed by atoms with van der Waals surface area (Å²) in [5, 5.41) is 5.27. The molecule has 5 heteroatoms. The van der Waals surface area contributed by atoms with Gasteiger partial charge in [-0.3, -0.25) is 10.4 Å². The van der Waals surface area contributed by atoms with Crippen molar-refractivity contribution in [2.24, 2.45) is 10.1 Å². The molecule has 3 nitrogen and oxygen atoms in total. The average molecular weight is 284 g/mol. The summed E-state index contributed by atoms with van der Waals surface area (Å²) >= 11 is 12.1. The molecule has 1 aromatic rings. The van der Waals surface area contributed by atoms with Crippen LogP contribution in [0.15, 0.2) is 28.3 Å². The van der Waals surface area contributed by atoms with Crippen LogP contribution >= 0.6 is 23.2 Å². The topological polar surface area (TPSA) is 36.8 Å². The summed E-state index contributed by atoms with van der Waals surface area (Å²) in [5.74, 6) is 0. The Kier molecular flexibility index (Phi) is 5.02. The third-order valence-corrected chi connectivity index (χ3v) is 3.39. The van der Waals surface area contributed by atoms with E-state index in [2.05, 4.69) is 15.5 Å². The van der Waals surface area contributed by atoms with E-state index >= 15 is 0 Å². The lowest BCUT2D eigenvalue weighted by molar-refractivity contribution is 0.731. The molecule has 1 aromatic carbocycles. The highest BCUT2D eigenvalue weighted by Gasteiger charge is 2.04. The fourth-order valence-corrected chi connectivity index (χ4v) is 2.26. The van der Waals surface area contributed by atoms with Gasteiger partial charge in [0.05, 0.1) is 27.7 Å². The number of para-hydroxylation sites is 1. The van der Waals surface area contributed by atoms with Gasteiger partial charge >= 0.3 is 0 Å². The molecule has 0 unspecified atom stereocenters. The lowest BCUT2D eigenvalue weighted by atomic mass is 10.2. The smallest absolute Gasteiger partial charge is 0.0934 e. The van der Waals surface area contributed by atoms with Crippen molar-refractivity contribution in [3.8, 4) is 0 Å². The molecule has 0 bridgehead atoms. The van der Waals surface area contributed by atoms with Gasteiger partial charge in [-0.15, -0.1) is 0 Å². The molecule has 2 rings (SSSR count). The minimum Gasteiger partial charge on any atom is -0.288 e. The molecule has 96 valence electrons. The van der Waals surface area contributed by atoms with Crippen molar-refractivity contribution in [3.63, 3.8) is 0 Å². The summed E-state index contributed by atoms with van der Waals surface area (Å²) in [4.78, 5) is 4.46. The van der Waals surface area contributed by atoms with Crippen LogP contribution in [0.5, 0.6) is 0 Å². The second-order valence-electron chi connectivity index (χ2n) is 4.15. The van der Waals surface area contributed by atoms with E-state index < -0.39 is 0 Å². The first-order valence-electron chi connectivity index (χ1n) is 6.04. The van der Waals surface area contributed by atoms with Crippen molar-refractivity contribution < 1.29 is 0 Å². The minimum absolute atomic E-state index is 0.558. The maximum Gasteiger partial charge on any atom is 0.0934 e. The summed E-state index contributed by atoms with van der Waals surface area (Å²) in [6.07, 6.45) is 6.33. The number of nitrogens with one attached hydrogen (secondary N) is 1. The molecule has 0 aromatic heterocycles. The molecule has 0 spiro atoms. The van der Waals surface area contributed by atoms with Gasteiger partial charge in [-0.25, -0.2) is 0 Å². The van der Waals surface area contributed by atoms with Gasteiger partial charge in [0.1, 0.15) is 0 Å². The Balaban J connectivity index is 2.00. The Morgan fingerprint density at radius 2 is 1.94 bits per heavy atom. The van der Waals surface area contributed by atoms with Gasteiger partial charge in [-0.05, 0) is 31.4 Å². The average Bonchev–Trinajstić information content (AvgIpc) is 2.61. The normalized spacial score (nSPS) is 16.4. The van der Waals surface area contributed by atoms with Crippen LogP contribution in [0.4, 0.5) is 5.69 Å². The van der Waals surface area contributed by atoms with Crippen LogP contribution in [-0.4, -0.2) is 18.5 Å². The molecule has 0 saturated heterocycles. The third-order valence-electron chi connectivity index (χ3n) is 2.76. The largest absolute Gasteiger partial charge is 0.288 e. The fourth-order valence-electron chi connectivity index (χ4n) is 1.78. The van der Waals surface area contributed by atoms with Gasteiger partial charge in [-0.1, -0.05) is 35.7 Å². The number of rotatable bonds is 3. The molecule has 0 atom stereocenters. The zero-order chi connectivity index (χ0) is 12.8. The van der Waals surface area contributed by atoms with Gasteiger partial charge in [0.2, 0.25) is 0 Å². The van der Waals surface area contributed by atoms with Crippen LogP contribution in [0.1, 0.15) is 25.7 Å². The summed E-state index contributed by atoms with van der Waals surface area (Å²) < 4.78 is 0. The maximum atomic E-state index is 6.03. The number of hydrazone groups is 1. The van der Waals surface area contributed by atoms with E-state index in [1.807, 2.05) is 0 Å². The van der Waals surface area contributed by atoms with E-state index in [4.69, 9.17) is 23.2 Å². The zero-order valence-electron chi connectivity index (χ0n) is 10.00. The predicted octanol–water partition coefficient (Wildman–Crippen LogP) is 4.41. The lowest BCUT2D eigenvalue weighted by Gasteiger charge is -2.05. The van der Waals surface area contributed by atoms with E-state index in [1.54, 1.807) is 24.4 Å². The van der Waals surface area contributed by atoms with E-state index in [-0.39, 0.29) is 0 Å². The van der Waals surface area contributed by atoms with Crippen molar-refractivity contribution >= 4 is 40.8 Å². The van der Waals surface area contributed by atoms with Gasteiger partial charge in [0.25, 0.3) is 0 Å². The van der Waals surface area contributed by atoms with Gasteiger partial charge in [-0.2, -0.15) is 5.10 Å². The molecule has 0 aliphatic carbocycles. The Bertz CT molecular complexity index is 449. The number of benzene rings is 1. The van der Waals surface area contributed by atoms with E-state index in [1.165, 1.54) is 19.3 Å². The van der Waals surface area contributed by atoms with Crippen LogP contribution in [0.2, 0.25) is 10.0 Å². The van der Waals surface area contributed by atoms with E-state index in [0.29, 0.717) is 15.7 Å². The molecule has 18 heavy (non-hydrogen) atoms. The number of halogens is 2. The molecular weight excluding hydrogens is 269 g/mol. The number of aliphatic imine (C=N–C) groups is 1. The second-order valence-corrected chi connectivity index (χ2v) is 4.96. The molecule has 0 radical (unpaired) electrons. The number of nitrogens with zero attached hydrogens (tertiary/aromatic N) is 2. The Morgan fingerprint density at radius 1 is 1.17 bits per heavy atom. The van der Waals surface area contributed by atoms with Crippen molar-refractivity contribution in [1.82, 2.24) is 0 Å². The molecule has 0 amide bonds. The minimum atomic E-state index is 0.558. The maximum absolute atomic E-state index is 6.03. The molecule has 1 heterocycles. The highest BCUT2D eigenvalue weighted by Crippen LogP contribution is 2.29. The fraction of sp³-hybridized carbons (Fsp3) is 0.385. The predicted molar refractivity (Wildman–Crippen MR) is 79.3 cm³/mol. The van der Waals surface area contributed by atoms with E-state index in [0.717, 1.165) is 18.7 Å². The molecule has 1 aliphatic heterocycles. The molecular formula is C13H15Cl2N3. The Labute approximate surface area is 117 Å². The molecule has 1 aliphatic rings. The molecule has 1 N–H and O–H groups in total. The quantitative estimate of drug-likeness (QED) is 0.648. The van der Waals surface area contributed by atoms with Crippen LogP contribution in [-0.2, 0) is 0 Å². The monoisotopic (exact) mass is 283 g/mol. The number of hydrogen-bond acceptors (Lipinski definition) is 3. The van der Waals surface area contributed by atoms with Crippen LogP contribution < -0.4 is 5.43 Å². The van der Waals surface area contributed by atoms with Gasteiger partial charge in [0, 0.05) is 6.54 Å². The summed E-state index contributed by atoms with van der Waals surface area (Å²) in [5.41, 5.74) is 4.54. The highest BCUT2D eigenvalue weighted by molar-refractivity contribution is 6.39. The first-order chi connectivity index (χ1) is 8.77. The summed E-state index contributed by atoms with van der Waals surface area (Å²) in [6, 6.07) is 5.35. The Hall–Kier alpha value is -1.06. The molecule has 0 saturated carbocycles. The SMILES string of the molecule is Clc1cccc(Cl)c1NN=CC1=NCCCCC1. The van der Waals surface area contributed by atoms with Crippen LogP contribution in [0, 0.1) is 0 Å². The lowest BCUT2D eigenvalue weighted by Crippen LogP contribution is -2.02. The van der Waals surface area contributed by atoms with E-state index in [9.17, 15) is 0 Å². The first-order valence-corrected chi connectivity index (χ1v) is 6.79. The van der Waals surface area contributed by atoms with Crippen molar-refractivity contribution in [2.45, 2.75) is 25.7 Å². The Morgan fingerprint density at radius 3 is 2.72 bits per heavy atom. The summed E-state index contributed by atoms with van der Waals surface area (Å²) in [7, 11) is 0. The number of hydrogen-bond donors (Lipinski definition) is 1. The summed E-state index contributed by atoms with van der Waals surface area (Å²) in [6.45, 7) is 0.897. The van der Waals surface area contributed by atoms with Gasteiger partial charge < -0.3 is 0 Å². The molecule has 0 fully saturated rings. The van der Waals surface area contributed by atoms with Crippen molar-refractivity contribution in [2.75, 3.05) is 12.0 Å². The first kappa shape index (κ1) is 13.4. The zero-order valence-corrected chi connectivity index (χ0v) is 11.5. The van der Waals surface area contributed by atoms with Crippen LogP contribution in [0.25, 0.3) is 0 Å². The van der Waals surface area contributed by atoms with Crippen molar-refractivity contribution in [3.05, 3.63) is 28.2 Å². The van der Waals surface area contributed by atoms with Crippen molar-refractivity contribution in [1.29, 1.82) is 0 Å². The highest BCUT2D eigenvalue weighted by atomic mass is 35.5. The standard InChI is InChI=1S/C13H15Cl2N3/c14-11-6-4-7-12(15)13(11)18-17-9-10-5-2-1-3-8-16-10/h4,6-7,9,18H,1-3,5,8H2. The number of anilines is 1.